The molecule has 0 saturated carbocycles. The van der Waals surface area contributed by atoms with Crippen LogP contribution in [0.4, 0.5) is 5.69 Å². The van der Waals surface area contributed by atoms with Crippen LogP contribution in [-0.2, 0) is 6.54 Å². The minimum atomic E-state index is 0.624. The van der Waals surface area contributed by atoms with Crippen molar-refractivity contribution in [3.63, 3.8) is 0 Å². The summed E-state index contributed by atoms with van der Waals surface area (Å²) in [5.41, 5.74) is 1.00. The van der Waals surface area contributed by atoms with E-state index >= 15 is 0 Å². The number of benzene rings is 1. The Bertz CT molecular complexity index is 502. The predicted octanol–water partition coefficient (Wildman–Crippen LogP) is 3.61. The van der Waals surface area contributed by atoms with E-state index in [1.165, 1.54) is 4.88 Å². The second-order valence-corrected chi connectivity index (χ2v) is 5.47. The maximum absolute atomic E-state index is 6.06. The van der Waals surface area contributed by atoms with Crippen molar-refractivity contribution in [3.8, 4) is 5.75 Å². The SMILES string of the molecule is COc1ccc(NCCNCc2cccs2)cc1Cl. The molecular formula is C14H17ClN2OS. The summed E-state index contributed by atoms with van der Waals surface area (Å²) in [6.45, 7) is 2.68. The largest absolute Gasteiger partial charge is 0.495 e. The van der Waals surface area contributed by atoms with E-state index in [1.54, 1.807) is 18.4 Å². The van der Waals surface area contributed by atoms with Gasteiger partial charge < -0.3 is 15.4 Å². The Morgan fingerprint density at radius 3 is 2.84 bits per heavy atom. The van der Waals surface area contributed by atoms with Gasteiger partial charge in [-0.05, 0) is 29.6 Å². The van der Waals surface area contributed by atoms with Crippen LogP contribution in [0.5, 0.6) is 5.75 Å². The van der Waals surface area contributed by atoms with E-state index in [4.69, 9.17) is 16.3 Å². The lowest BCUT2D eigenvalue weighted by molar-refractivity contribution is 0.415. The second-order valence-electron chi connectivity index (χ2n) is 4.03. The van der Waals surface area contributed by atoms with Gasteiger partial charge in [0.05, 0.1) is 12.1 Å². The molecular weight excluding hydrogens is 280 g/mol. The fourth-order valence-electron chi connectivity index (χ4n) is 1.70. The van der Waals surface area contributed by atoms with Gasteiger partial charge in [0, 0.05) is 30.2 Å². The van der Waals surface area contributed by atoms with Gasteiger partial charge in [-0.3, -0.25) is 0 Å². The Hall–Kier alpha value is -1.23. The molecule has 0 bridgehead atoms. The molecule has 0 aliphatic heterocycles. The lowest BCUT2D eigenvalue weighted by Crippen LogP contribution is -2.21. The molecule has 1 heterocycles. The smallest absolute Gasteiger partial charge is 0.137 e. The third-order valence-electron chi connectivity index (χ3n) is 2.66. The topological polar surface area (TPSA) is 33.3 Å². The van der Waals surface area contributed by atoms with Crippen LogP contribution in [0.15, 0.2) is 35.7 Å². The molecule has 0 spiro atoms. The summed E-state index contributed by atoms with van der Waals surface area (Å²) in [5, 5.41) is 9.42. The Balaban J connectivity index is 1.69. The molecule has 0 aliphatic carbocycles. The fourth-order valence-corrected chi connectivity index (χ4v) is 2.63. The van der Waals surface area contributed by atoms with E-state index in [0.717, 1.165) is 25.3 Å². The number of ether oxygens (including phenoxy) is 1. The molecule has 0 unspecified atom stereocenters. The van der Waals surface area contributed by atoms with Gasteiger partial charge in [0.2, 0.25) is 0 Å². The highest BCUT2D eigenvalue weighted by molar-refractivity contribution is 7.09. The van der Waals surface area contributed by atoms with Crippen LogP contribution in [0.25, 0.3) is 0 Å². The van der Waals surface area contributed by atoms with Crippen molar-refractivity contribution in [2.24, 2.45) is 0 Å². The van der Waals surface area contributed by atoms with E-state index < -0.39 is 0 Å². The van der Waals surface area contributed by atoms with Crippen LogP contribution < -0.4 is 15.4 Å². The molecule has 1 aromatic carbocycles. The van der Waals surface area contributed by atoms with Crippen molar-refractivity contribution in [1.29, 1.82) is 0 Å². The summed E-state index contributed by atoms with van der Waals surface area (Å²) in [7, 11) is 1.61. The highest BCUT2D eigenvalue weighted by Gasteiger charge is 2.01. The van der Waals surface area contributed by atoms with Gasteiger partial charge in [-0.25, -0.2) is 0 Å². The molecule has 1 aromatic heterocycles. The number of thiophene rings is 1. The van der Waals surface area contributed by atoms with Gasteiger partial charge in [-0.15, -0.1) is 11.3 Å². The molecule has 2 rings (SSSR count). The minimum Gasteiger partial charge on any atom is -0.495 e. The fraction of sp³-hybridized carbons (Fsp3) is 0.286. The number of anilines is 1. The monoisotopic (exact) mass is 296 g/mol. The standard InChI is InChI=1S/C14H17ClN2OS/c1-18-14-5-4-11(9-13(14)15)17-7-6-16-10-12-3-2-8-19-12/h2-5,8-9,16-17H,6-7,10H2,1H3. The van der Waals surface area contributed by atoms with Gasteiger partial charge in [0.25, 0.3) is 0 Å². The zero-order valence-corrected chi connectivity index (χ0v) is 12.4. The summed E-state index contributed by atoms with van der Waals surface area (Å²) >= 11 is 7.83. The third kappa shape index (κ3) is 4.42. The number of hydrogen-bond acceptors (Lipinski definition) is 4. The number of nitrogens with one attached hydrogen (secondary N) is 2. The average Bonchev–Trinajstić information content (AvgIpc) is 2.92. The lowest BCUT2D eigenvalue weighted by Gasteiger charge is -2.09. The van der Waals surface area contributed by atoms with Gasteiger partial charge >= 0.3 is 0 Å². The van der Waals surface area contributed by atoms with Crippen molar-refractivity contribution < 1.29 is 4.74 Å². The Kier molecular flexibility index (Phi) is 5.51. The van der Waals surface area contributed by atoms with Crippen molar-refractivity contribution in [2.75, 3.05) is 25.5 Å². The number of hydrogen-bond donors (Lipinski definition) is 2. The highest BCUT2D eigenvalue weighted by atomic mass is 35.5. The summed E-state index contributed by atoms with van der Waals surface area (Å²) in [6.07, 6.45) is 0. The van der Waals surface area contributed by atoms with Gasteiger partial charge in [-0.1, -0.05) is 17.7 Å². The first-order chi connectivity index (χ1) is 9.29. The normalized spacial score (nSPS) is 10.4. The van der Waals surface area contributed by atoms with Crippen LogP contribution >= 0.6 is 22.9 Å². The third-order valence-corrected chi connectivity index (χ3v) is 3.83. The minimum absolute atomic E-state index is 0.624. The summed E-state index contributed by atoms with van der Waals surface area (Å²) in [5.74, 6) is 0.697. The number of rotatable bonds is 7. The first-order valence-corrected chi connectivity index (χ1v) is 7.36. The molecule has 102 valence electrons. The zero-order valence-electron chi connectivity index (χ0n) is 10.8. The molecule has 3 nitrogen and oxygen atoms in total. The van der Waals surface area contributed by atoms with Crippen LogP contribution in [-0.4, -0.2) is 20.2 Å². The van der Waals surface area contributed by atoms with Crippen LogP contribution in [0.1, 0.15) is 4.88 Å². The van der Waals surface area contributed by atoms with Gasteiger partial charge in [0.15, 0.2) is 0 Å². The molecule has 0 radical (unpaired) electrons. The maximum Gasteiger partial charge on any atom is 0.137 e. The quantitative estimate of drug-likeness (QED) is 0.766. The Morgan fingerprint density at radius 2 is 2.16 bits per heavy atom. The Labute approximate surface area is 122 Å². The van der Waals surface area contributed by atoms with Crippen LogP contribution in [0.2, 0.25) is 5.02 Å². The molecule has 19 heavy (non-hydrogen) atoms. The molecule has 0 fully saturated rings. The molecule has 0 amide bonds. The average molecular weight is 297 g/mol. The summed E-state index contributed by atoms with van der Waals surface area (Å²) < 4.78 is 5.11. The van der Waals surface area contributed by atoms with E-state index in [2.05, 4.69) is 28.1 Å². The van der Waals surface area contributed by atoms with E-state index in [0.29, 0.717) is 10.8 Å². The molecule has 5 heteroatoms. The van der Waals surface area contributed by atoms with E-state index in [-0.39, 0.29) is 0 Å². The molecule has 0 saturated heterocycles. The first-order valence-electron chi connectivity index (χ1n) is 6.10. The molecule has 0 atom stereocenters. The Morgan fingerprint density at radius 1 is 1.26 bits per heavy atom. The van der Waals surface area contributed by atoms with E-state index in [9.17, 15) is 0 Å². The van der Waals surface area contributed by atoms with Crippen LogP contribution in [0, 0.1) is 0 Å². The zero-order chi connectivity index (χ0) is 13.5. The van der Waals surface area contributed by atoms with Crippen molar-refractivity contribution in [3.05, 3.63) is 45.6 Å². The molecule has 2 N–H and O–H groups in total. The van der Waals surface area contributed by atoms with Crippen molar-refractivity contribution in [1.82, 2.24) is 5.32 Å². The second kappa shape index (κ2) is 7.38. The predicted molar refractivity (Wildman–Crippen MR) is 82.5 cm³/mol. The van der Waals surface area contributed by atoms with Crippen LogP contribution in [0.3, 0.4) is 0 Å². The van der Waals surface area contributed by atoms with Gasteiger partial charge in [0.1, 0.15) is 5.75 Å². The number of methoxy groups -OCH3 is 1. The first kappa shape index (κ1) is 14.2. The lowest BCUT2D eigenvalue weighted by atomic mass is 10.3. The molecule has 2 aromatic rings. The van der Waals surface area contributed by atoms with Gasteiger partial charge in [-0.2, -0.15) is 0 Å². The highest BCUT2D eigenvalue weighted by Crippen LogP contribution is 2.26. The summed E-state index contributed by atoms with van der Waals surface area (Å²) in [6, 6.07) is 9.90. The summed E-state index contributed by atoms with van der Waals surface area (Å²) in [4.78, 5) is 1.35. The number of halogens is 1. The van der Waals surface area contributed by atoms with Crippen molar-refractivity contribution in [2.45, 2.75) is 6.54 Å². The van der Waals surface area contributed by atoms with Crippen molar-refractivity contribution >= 4 is 28.6 Å². The van der Waals surface area contributed by atoms with E-state index in [1.807, 2.05) is 18.2 Å². The molecule has 0 aliphatic rings. The maximum atomic E-state index is 6.06.